The van der Waals surface area contributed by atoms with E-state index in [4.69, 9.17) is 16.3 Å². The van der Waals surface area contributed by atoms with E-state index >= 15 is 0 Å². The van der Waals surface area contributed by atoms with Gasteiger partial charge in [0.2, 0.25) is 0 Å². The third-order valence-electron chi connectivity index (χ3n) is 5.40. The minimum absolute atomic E-state index is 0.109. The number of carbonyl (C=O) groups is 2. The molecule has 0 radical (unpaired) electrons. The van der Waals surface area contributed by atoms with Crippen molar-refractivity contribution in [1.82, 2.24) is 4.90 Å². The number of anilines is 1. The Morgan fingerprint density at radius 3 is 2.35 bits per heavy atom. The van der Waals surface area contributed by atoms with Gasteiger partial charge in [0.1, 0.15) is 5.70 Å². The molecule has 0 spiro atoms. The number of benzene rings is 2. The van der Waals surface area contributed by atoms with Crippen molar-refractivity contribution in [2.75, 3.05) is 18.5 Å². The summed E-state index contributed by atoms with van der Waals surface area (Å²) in [4.78, 5) is 27.9. The van der Waals surface area contributed by atoms with Gasteiger partial charge in [-0.05, 0) is 75.4 Å². The van der Waals surface area contributed by atoms with Gasteiger partial charge in [0.15, 0.2) is 0 Å². The Bertz CT molecular complexity index is 1040. The maximum absolute atomic E-state index is 13.3. The zero-order chi connectivity index (χ0) is 22.7. The number of aryl methyl sites for hydroxylation is 3. The Kier molecular flexibility index (Phi) is 7.19. The summed E-state index contributed by atoms with van der Waals surface area (Å²) in [6.07, 6.45) is 0.691. The molecule has 0 aromatic heterocycles. The van der Waals surface area contributed by atoms with E-state index in [1.54, 1.807) is 12.1 Å². The van der Waals surface area contributed by atoms with Crippen molar-refractivity contribution < 1.29 is 14.3 Å². The first kappa shape index (κ1) is 23.0. The van der Waals surface area contributed by atoms with Crippen LogP contribution in [0, 0.1) is 20.8 Å². The predicted molar refractivity (Wildman–Crippen MR) is 125 cm³/mol. The largest absolute Gasteiger partial charge is 0.379 e. The first-order valence-corrected chi connectivity index (χ1v) is 10.9. The summed E-state index contributed by atoms with van der Waals surface area (Å²) in [6.45, 7) is 10.7. The van der Waals surface area contributed by atoms with Crippen LogP contribution in [0.2, 0.25) is 5.02 Å². The Morgan fingerprint density at radius 2 is 1.68 bits per heavy atom. The van der Waals surface area contributed by atoms with Crippen LogP contribution in [-0.4, -0.2) is 36.0 Å². The van der Waals surface area contributed by atoms with Crippen molar-refractivity contribution in [3.8, 4) is 0 Å². The van der Waals surface area contributed by atoms with Crippen molar-refractivity contribution >= 4 is 34.7 Å². The Morgan fingerprint density at radius 1 is 0.968 bits per heavy atom. The van der Waals surface area contributed by atoms with Crippen molar-refractivity contribution in [2.24, 2.45) is 0 Å². The average Bonchev–Trinajstić information content (AvgIpc) is 2.94. The molecule has 1 heterocycles. The van der Waals surface area contributed by atoms with E-state index in [1.807, 2.05) is 58.9 Å². The fourth-order valence-electron chi connectivity index (χ4n) is 3.47. The molecular weight excluding hydrogens is 412 g/mol. The molecule has 1 N–H and O–H groups in total. The highest BCUT2D eigenvalue weighted by atomic mass is 35.5. The monoisotopic (exact) mass is 440 g/mol. The number of carbonyl (C=O) groups excluding carboxylic acids is 2. The predicted octanol–water partition coefficient (Wildman–Crippen LogP) is 5.27. The number of nitrogens with zero attached hydrogens (tertiary/aromatic N) is 1. The molecule has 6 heteroatoms. The molecule has 0 fully saturated rings. The minimum atomic E-state index is -0.331. The highest BCUT2D eigenvalue weighted by molar-refractivity contribution is 6.36. The van der Waals surface area contributed by atoms with Gasteiger partial charge in [-0.15, -0.1) is 0 Å². The summed E-state index contributed by atoms with van der Waals surface area (Å²) in [6, 6.07) is 11.2. The molecule has 0 bridgehead atoms. The number of nitrogens with one attached hydrogen (secondary N) is 1. The van der Waals surface area contributed by atoms with Crippen LogP contribution in [0.1, 0.15) is 42.5 Å². The van der Waals surface area contributed by atoms with Crippen LogP contribution in [0.25, 0.3) is 5.57 Å². The molecule has 2 amide bonds. The summed E-state index contributed by atoms with van der Waals surface area (Å²) >= 11 is 6.17. The lowest BCUT2D eigenvalue weighted by Gasteiger charge is -2.16. The van der Waals surface area contributed by atoms with Crippen LogP contribution in [-0.2, 0) is 14.3 Å². The van der Waals surface area contributed by atoms with Crippen LogP contribution in [0.15, 0.2) is 42.1 Å². The molecule has 0 saturated heterocycles. The van der Waals surface area contributed by atoms with E-state index in [-0.39, 0.29) is 23.6 Å². The molecular formula is C25H29ClN2O3. The lowest BCUT2D eigenvalue weighted by Crippen LogP contribution is -2.34. The standard InChI is InChI=1S/C25H29ClN2O3/c1-15(2)31-12-6-11-28-24(29)22(19-9-7-16(3)18(5)13-19)23(25(28)30)27-21-14-20(26)10-8-17(21)4/h7-10,13-15,27H,6,11-12H2,1-5H3. The van der Waals surface area contributed by atoms with Gasteiger partial charge in [-0.1, -0.05) is 35.9 Å². The van der Waals surface area contributed by atoms with Crippen LogP contribution in [0.4, 0.5) is 5.69 Å². The minimum Gasteiger partial charge on any atom is -0.379 e. The number of hydrogen-bond acceptors (Lipinski definition) is 4. The van der Waals surface area contributed by atoms with Crippen LogP contribution >= 0.6 is 11.6 Å². The summed E-state index contributed by atoms with van der Waals surface area (Å²) in [5.74, 6) is -0.623. The molecule has 3 rings (SSSR count). The second-order valence-electron chi connectivity index (χ2n) is 8.17. The number of amides is 2. The lowest BCUT2D eigenvalue weighted by atomic mass is 9.99. The second kappa shape index (κ2) is 9.67. The summed E-state index contributed by atoms with van der Waals surface area (Å²) in [5.41, 5.74) is 5.22. The molecule has 0 saturated carbocycles. The fraction of sp³-hybridized carbons (Fsp3) is 0.360. The van der Waals surface area contributed by atoms with Gasteiger partial charge in [0.25, 0.3) is 11.8 Å². The molecule has 2 aromatic rings. The molecule has 31 heavy (non-hydrogen) atoms. The maximum atomic E-state index is 13.3. The van der Waals surface area contributed by atoms with E-state index in [2.05, 4.69) is 5.32 Å². The zero-order valence-corrected chi connectivity index (χ0v) is 19.5. The molecule has 164 valence electrons. The molecule has 0 aliphatic carbocycles. The van der Waals surface area contributed by atoms with Crippen molar-refractivity contribution in [3.05, 3.63) is 69.4 Å². The molecule has 0 atom stereocenters. The lowest BCUT2D eigenvalue weighted by molar-refractivity contribution is -0.137. The number of halogens is 1. The number of rotatable bonds is 8. The molecule has 0 unspecified atom stereocenters. The van der Waals surface area contributed by atoms with E-state index < -0.39 is 0 Å². The third-order valence-corrected chi connectivity index (χ3v) is 5.64. The first-order valence-electron chi connectivity index (χ1n) is 10.5. The van der Waals surface area contributed by atoms with Crippen molar-refractivity contribution in [3.63, 3.8) is 0 Å². The Labute approximate surface area is 189 Å². The quantitative estimate of drug-likeness (QED) is 0.448. The van der Waals surface area contributed by atoms with Gasteiger partial charge >= 0.3 is 0 Å². The van der Waals surface area contributed by atoms with E-state index in [9.17, 15) is 9.59 Å². The molecule has 1 aliphatic heterocycles. The van der Waals surface area contributed by atoms with E-state index in [0.29, 0.717) is 35.9 Å². The average molecular weight is 441 g/mol. The molecule has 5 nitrogen and oxygen atoms in total. The SMILES string of the molecule is Cc1ccc(C2=C(Nc3cc(Cl)ccc3C)C(=O)N(CCCOC(C)C)C2=O)cc1C. The zero-order valence-electron chi connectivity index (χ0n) is 18.7. The highest BCUT2D eigenvalue weighted by Crippen LogP contribution is 2.33. The summed E-state index contributed by atoms with van der Waals surface area (Å²) in [7, 11) is 0. The molecule has 2 aromatic carbocycles. The van der Waals surface area contributed by atoms with Gasteiger partial charge < -0.3 is 10.1 Å². The van der Waals surface area contributed by atoms with Crippen molar-refractivity contribution in [1.29, 1.82) is 0 Å². The Hall–Kier alpha value is -2.63. The van der Waals surface area contributed by atoms with Gasteiger partial charge in [-0.2, -0.15) is 0 Å². The Balaban J connectivity index is 1.97. The van der Waals surface area contributed by atoms with Crippen LogP contribution < -0.4 is 5.32 Å². The van der Waals surface area contributed by atoms with Gasteiger partial charge in [-0.3, -0.25) is 14.5 Å². The van der Waals surface area contributed by atoms with Gasteiger partial charge in [0.05, 0.1) is 11.7 Å². The van der Waals surface area contributed by atoms with E-state index in [1.165, 1.54) is 4.90 Å². The summed E-state index contributed by atoms with van der Waals surface area (Å²) in [5, 5.41) is 3.76. The normalized spacial score (nSPS) is 14.2. The highest BCUT2D eigenvalue weighted by Gasteiger charge is 2.39. The van der Waals surface area contributed by atoms with E-state index in [0.717, 1.165) is 22.3 Å². The first-order chi connectivity index (χ1) is 14.7. The fourth-order valence-corrected chi connectivity index (χ4v) is 3.64. The maximum Gasteiger partial charge on any atom is 0.278 e. The van der Waals surface area contributed by atoms with Gasteiger partial charge in [0, 0.05) is 23.9 Å². The van der Waals surface area contributed by atoms with Crippen LogP contribution in [0.5, 0.6) is 0 Å². The smallest absolute Gasteiger partial charge is 0.278 e. The number of imide groups is 1. The topological polar surface area (TPSA) is 58.6 Å². The van der Waals surface area contributed by atoms with Crippen LogP contribution in [0.3, 0.4) is 0 Å². The number of ether oxygens (including phenoxy) is 1. The third kappa shape index (κ3) is 5.17. The van der Waals surface area contributed by atoms with Crippen molar-refractivity contribution in [2.45, 2.75) is 47.1 Å². The second-order valence-corrected chi connectivity index (χ2v) is 8.60. The number of hydrogen-bond donors (Lipinski definition) is 1. The molecule has 1 aliphatic rings. The van der Waals surface area contributed by atoms with Gasteiger partial charge in [-0.25, -0.2) is 0 Å². The summed E-state index contributed by atoms with van der Waals surface area (Å²) < 4.78 is 5.57.